The van der Waals surface area contributed by atoms with Crippen molar-refractivity contribution in [3.05, 3.63) is 0 Å². The number of aliphatic carboxylic acids is 1. The SMILES string of the molecule is CC(C)C[C@H](NC(=O)NC(C)C1CCC1)C(=O)O. The van der Waals surface area contributed by atoms with Crippen LogP contribution in [0.25, 0.3) is 0 Å². The second kappa shape index (κ2) is 6.61. The minimum absolute atomic E-state index is 0.118. The van der Waals surface area contributed by atoms with Crippen molar-refractivity contribution < 1.29 is 14.7 Å². The smallest absolute Gasteiger partial charge is 0.326 e. The van der Waals surface area contributed by atoms with Gasteiger partial charge < -0.3 is 15.7 Å². The summed E-state index contributed by atoms with van der Waals surface area (Å²) >= 11 is 0. The lowest BCUT2D eigenvalue weighted by atomic mass is 9.80. The molecule has 2 atom stereocenters. The van der Waals surface area contributed by atoms with Gasteiger partial charge in [-0.15, -0.1) is 0 Å². The van der Waals surface area contributed by atoms with E-state index in [1.54, 1.807) is 0 Å². The lowest BCUT2D eigenvalue weighted by Gasteiger charge is -2.32. The van der Waals surface area contributed by atoms with Gasteiger partial charge in [-0.3, -0.25) is 0 Å². The molecule has 0 radical (unpaired) electrons. The van der Waals surface area contributed by atoms with Gasteiger partial charge in [-0.1, -0.05) is 20.3 Å². The first-order chi connectivity index (χ1) is 8.40. The minimum Gasteiger partial charge on any atom is -0.480 e. The molecule has 1 rings (SSSR count). The summed E-state index contributed by atoms with van der Waals surface area (Å²) in [7, 11) is 0. The third-order valence-electron chi connectivity index (χ3n) is 3.53. The van der Waals surface area contributed by atoms with E-state index in [-0.39, 0.29) is 18.0 Å². The number of nitrogens with one attached hydrogen (secondary N) is 2. The van der Waals surface area contributed by atoms with Gasteiger partial charge in [0.2, 0.25) is 0 Å². The maximum absolute atomic E-state index is 11.7. The maximum Gasteiger partial charge on any atom is 0.326 e. The molecule has 1 unspecified atom stereocenters. The Morgan fingerprint density at radius 1 is 1.22 bits per heavy atom. The Bertz CT molecular complexity index is 301. The third kappa shape index (κ3) is 4.55. The molecule has 0 aromatic rings. The number of urea groups is 1. The summed E-state index contributed by atoms with van der Waals surface area (Å²) in [4.78, 5) is 22.7. The van der Waals surface area contributed by atoms with Gasteiger partial charge in [0.1, 0.15) is 6.04 Å². The first kappa shape index (κ1) is 14.8. The quantitative estimate of drug-likeness (QED) is 0.680. The third-order valence-corrected chi connectivity index (χ3v) is 3.53. The molecule has 1 fully saturated rings. The fourth-order valence-electron chi connectivity index (χ4n) is 2.16. The Morgan fingerprint density at radius 3 is 2.22 bits per heavy atom. The average Bonchev–Trinajstić information content (AvgIpc) is 2.11. The monoisotopic (exact) mass is 256 g/mol. The fraction of sp³-hybridized carbons (Fsp3) is 0.846. The molecule has 0 saturated heterocycles. The van der Waals surface area contributed by atoms with Crippen LogP contribution in [0.3, 0.4) is 0 Å². The van der Waals surface area contributed by atoms with E-state index in [0.717, 1.165) is 12.8 Å². The van der Waals surface area contributed by atoms with Crippen molar-refractivity contribution in [1.82, 2.24) is 10.6 Å². The number of carboxylic acid groups (broad SMARTS) is 1. The molecule has 1 aliphatic rings. The highest BCUT2D eigenvalue weighted by Crippen LogP contribution is 2.29. The van der Waals surface area contributed by atoms with Gasteiger partial charge in [0.25, 0.3) is 0 Å². The molecule has 2 amide bonds. The van der Waals surface area contributed by atoms with Crippen molar-refractivity contribution in [1.29, 1.82) is 0 Å². The summed E-state index contributed by atoms with van der Waals surface area (Å²) in [6.45, 7) is 5.85. The average molecular weight is 256 g/mol. The van der Waals surface area contributed by atoms with E-state index >= 15 is 0 Å². The lowest BCUT2D eigenvalue weighted by Crippen LogP contribution is -2.51. The number of carbonyl (C=O) groups excluding carboxylic acids is 1. The Morgan fingerprint density at radius 2 is 1.83 bits per heavy atom. The molecule has 5 heteroatoms. The molecular weight excluding hydrogens is 232 g/mol. The number of rotatable bonds is 6. The highest BCUT2D eigenvalue weighted by molar-refractivity contribution is 5.82. The number of amides is 2. The zero-order valence-electron chi connectivity index (χ0n) is 11.4. The molecule has 0 bridgehead atoms. The molecule has 0 aromatic heterocycles. The van der Waals surface area contributed by atoms with Crippen LogP contribution in [-0.4, -0.2) is 29.2 Å². The van der Waals surface area contributed by atoms with Crippen molar-refractivity contribution in [3.8, 4) is 0 Å². The Hall–Kier alpha value is -1.26. The van der Waals surface area contributed by atoms with Crippen LogP contribution >= 0.6 is 0 Å². The van der Waals surface area contributed by atoms with E-state index in [4.69, 9.17) is 5.11 Å². The summed E-state index contributed by atoms with van der Waals surface area (Å²) < 4.78 is 0. The molecule has 0 aromatic carbocycles. The molecule has 1 saturated carbocycles. The number of hydrogen-bond acceptors (Lipinski definition) is 2. The highest BCUT2D eigenvalue weighted by atomic mass is 16.4. The number of hydrogen-bond donors (Lipinski definition) is 3. The van der Waals surface area contributed by atoms with E-state index in [9.17, 15) is 9.59 Å². The first-order valence-electron chi connectivity index (χ1n) is 6.70. The molecule has 18 heavy (non-hydrogen) atoms. The number of carboxylic acids is 1. The van der Waals surface area contributed by atoms with Crippen molar-refractivity contribution in [2.24, 2.45) is 11.8 Å². The summed E-state index contributed by atoms with van der Waals surface area (Å²) in [6.07, 6.45) is 3.97. The largest absolute Gasteiger partial charge is 0.480 e. The first-order valence-corrected chi connectivity index (χ1v) is 6.70. The van der Waals surface area contributed by atoms with E-state index in [2.05, 4.69) is 10.6 Å². The zero-order chi connectivity index (χ0) is 13.7. The second-order valence-electron chi connectivity index (χ2n) is 5.62. The molecule has 5 nitrogen and oxygen atoms in total. The second-order valence-corrected chi connectivity index (χ2v) is 5.62. The Labute approximate surface area is 108 Å². The number of carbonyl (C=O) groups is 2. The summed E-state index contributed by atoms with van der Waals surface area (Å²) in [6, 6.07) is -1.06. The van der Waals surface area contributed by atoms with Gasteiger partial charge in [0.05, 0.1) is 0 Å². The van der Waals surface area contributed by atoms with Crippen LogP contribution in [0.2, 0.25) is 0 Å². The van der Waals surface area contributed by atoms with Gasteiger partial charge in [-0.05, 0) is 38.0 Å². The Kier molecular flexibility index (Phi) is 5.44. The predicted molar refractivity (Wildman–Crippen MR) is 69.3 cm³/mol. The molecule has 3 N–H and O–H groups in total. The summed E-state index contributed by atoms with van der Waals surface area (Å²) in [5.41, 5.74) is 0. The molecule has 0 aliphatic heterocycles. The van der Waals surface area contributed by atoms with E-state index < -0.39 is 12.0 Å². The van der Waals surface area contributed by atoms with Crippen LogP contribution in [0.1, 0.15) is 46.5 Å². The Balaban J connectivity index is 2.37. The van der Waals surface area contributed by atoms with Crippen molar-refractivity contribution in [2.45, 2.75) is 58.5 Å². The molecule has 0 spiro atoms. The van der Waals surface area contributed by atoms with E-state index in [0.29, 0.717) is 12.3 Å². The van der Waals surface area contributed by atoms with Crippen molar-refractivity contribution in [2.75, 3.05) is 0 Å². The van der Waals surface area contributed by atoms with Crippen molar-refractivity contribution >= 4 is 12.0 Å². The zero-order valence-corrected chi connectivity index (χ0v) is 11.4. The van der Waals surface area contributed by atoms with Crippen LogP contribution in [0.5, 0.6) is 0 Å². The predicted octanol–water partition coefficient (Wildman–Crippen LogP) is 1.97. The van der Waals surface area contributed by atoms with Gasteiger partial charge >= 0.3 is 12.0 Å². The lowest BCUT2D eigenvalue weighted by molar-refractivity contribution is -0.139. The van der Waals surface area contributed by atoms with Gasteiger partial charge in [-0.25, -0.2) is 9.59 Å². The van der Waals surface area contributed by atoms with Crippen LogP contribution in [0.4, 0.5) is 4.79 Å². The summed E-state index contributed by atoms with van der Waals surface area (Å²) in [5, 5.41) is 14.4. The fourth-order valence-corrected chi connectivity index (χ4v) is 2.16. The van der Waals surface area contributed by atoms with E-state index in [1.807, 2.05) is 20.8 Å². The topological polar surface area (TPSA) is 78.4 Å². The molecule has 0 heterocycles. The normalized spacial score (nSPS) is 18.9. The molecular formula is C13H24N2O3. The van der Waals surface area contributed by atoms with Crippen LogP contribution in [-0.2, 0) is 4.79 Å². The maximum atomic E-state index is 11.7. The molecule has 104 valence electrons. The van der Waals surface area contributed by atoms with Gasteiger partial charge in [0, 0.05) is 6.04 Å². The minimum atomic E-state index is -0.977. The van der Waals surface area contributed by atoms with Crippen molar-refractivity contribution in [3.63, 3.8) is 0 Å². The van der Waals surface area contributed by atoms with Gasteiger partial charge in [0.15, 0.2) is 0 Å². The summed E-state index contributed by atoms with van der Waals surface area (Å²) in [5.74, 6) is -0.199. The highest BCUT2D eigenvalue weighted by Gasteiger charge is 2.26. The molecule has 1 aliphatic carbocycles. The van der Waals surface area contributed by atoms with Gasteiger partial charge in [-0.2, -0.15) is 0 Å². The standard InChI is InChI=1S/C13H24N2O3/c1-8(2)7-11(12(16)17)15-13(18)14-9(3)10-5-4-6-10/h8-11H,4-7H2,1-3H3,(H,16,17)(H2,14,15,18)/t9?,11-/m0/s1. The van der Waals surface area contributed by atoms with E-state index in [1.165, 1.54) is 6.42 Å². The van der Waals surface area contributed by atoms with Crippen LogP contribution in [0, 0.1) is 11.8 Å². The van der Waals surface area contributed by atoms with Crippen LogP contribution < -0.4 is 10.6 Å². The van der Waals surface area contributed by atoms with Crippen LogP contribution in [0.15, 0.2) is 0 Å².